The molecule has 6 nitrogen and oxygen atoms in total. The van der Waals surface area contributed by atoms with Gasteiger partial charge < -0.3 is 20.3 Å². The Labute approximate surface area is 154 Å². The van der Waals surface area contributed by atoms with E-state index < -0.39 is 0 Å². The van der Waals surface area contributed by atoms with Gasteiger partial charge in [-0.3, -0.25) is 4.79 Å². The molecule has 1 aliphatic carbocycles. The summed E-state index contributed by atoms with van der Waals surface area (Å²) < 4.78 is 5.36. The first kappa shape index (κ1) is 17.3. The molecule has 3 amide bonds. The van der Waals surface area contributed by atoms with Crippen LogP contribution in [0.2, 0.25) is 0 Å². The zero-order chi connectivity index (χ0) is 18.1. The monoisotopic (exact) mass is 357 g/mol. The number of amides is 3. The van der Waals surface area contributed by atoms with Crippen LogP contribution in [-0.4, -0.2) is 61.1 Å². The molecule has 26 heavy (non-hydrogen) atoms. The summed E-state index contributed by atoms with van der Waals surface area (Å²) in [5, 5.41) is 0. The number of carbonyl (C=O) groups excluding carboxylic acids is 2. The number of hydrogen-bond donors (Lipinski definition) is 1. The van der Waals surface area contributed by atoms with E-state index in [9.17, 15) is 9.59 Å². The second-order valence-corrected chi connectivity index (χ2v) is 7.79. The number of likely N-dealkylation sites (tertiary alicyclic amines) is 1. The summed E-state index contributed by atoms with van der Waals surface area (Å²) >= 11 is 0. The van der Waals surface area contributed by atoms with Gasteiger partial charge in [0.05, 0.1) is 13.2 Å². The summed E-state index contributed by atoms with van der Waals surface area (Å²) in [4.78, 5) is 27.9. The van der Waals surface area contributed by atoms with Gasteiger partial charge in [-0.25, -0.2) is 4.79 Å². The van der Waals surface area contributed by atoms with Gasteiger partial charge in [0.15, 0.2) is 0 Å². The average molecular weight is 357 g/mol. The topological polar surface area (TPSA) is 75.9 Å². The smallest absolute Gasteiger partial charge is 0.314 e. The Bertz CT molecular complexity index is 691. The van der Waals surface area contributed by atoms with Gasteiger partial charge in [0.2, 0.25) is 5.91 Å². The predicted molar refractivity (Wildman–Crippen MR) is 97.9 cm³/mol. The van der Waals surface area contributed by atoms with E-state index in [2.05, 4.69) is 24.3 Å². The zero-order valence-electron chi connectivity index (χ0n) is 15.2. The maximum absolute atomic E-state index is 12.8. The molecule has 3 aliphatic rings. The number of ether oxygens (including phenoxy) is 1. The summed E-state index contributed by atoms with van der Waals surface area (Å²) in [7, 11) is 0. The molecule has 4 rings (SSSR count). The maximum atomic E-state index is 12.8. The number of primary amides is 1. The van der Waals surface area contributed by atoms with Crippen molar-refractivity contribution in [2.75, 3.05) is 39.4 Å². The average Bonchev–Trinajstić information content (AvgIpc) is 2.96. The molecule has 6 heteroatoms. The van der Waals surface area contributed by atoms with Gasteiger partial charge in [0.1, 0.15) is 0 Å². The molecule has 1 aromatic rings. The number of nitrogens with zero attached hydrogens (tertiary/aromatic N) is 2. The standard InChI is InChI=1S/C20H27N3O3/c21-19(25)23-7-5-20(6-8-23)14-15(16-3-1-2-4-17(16)20)13-18(24)22-9-11-26-12-10-22/h1-4,15H,5-14H2,(H2,21,25)/t15-/m0/s1. The van der Waals surface area contributed by atoms with E-state index in [0.29, 0.717) is 45.8 Å². The van der Waals surface area contributed by atoms with Gasteiger partial charge in [-0.15, -0.1) is 0 Å². The lowest BCUT2D eigenvalue weighted by atomic mass is 9.73. The molecular formula is C20H27N3O3. The summed E-state index contributed by atoms with van der Waals surface area (Å²) in [5.41, 5.74) is 8.23. The van der Waals surface area contributed by atoms with Crippen LogP contribution in [0.25, 0.3) is 0 Å². The molecule has 2 fully saturated rings. The van der Waals surface area contributed by atoms with Gasteiger partial charge in [-0.05, 0) is 41.7 Å². The van der Waals surface area contributed by atoms with E-state index in [1.807, 2.05) is 4.90 Å². The first-order valence-corrected chi connectivity index (χ1v) is 9.58. The van der Waals surface area contributed by atoms with Crippen LogP contribution in [-0.2, 0) is 14.9 Å². The van der Waals surface area contributed by atoms with Crippen LogP contribution in [0.3, 0.4) is 0 Å². The van der Waals surface area contributed by atoms with Crippen LogP contribution < -0.4 is 5.73 Å². The van der Waals surface area contributed by atoms with Crippen LogP contribution >= 0.6 is 0 Å². The minimum atomic E-state index is -0.329. The minimum absolute atomic E-state index is 0.0818. The molecule has 0 unspecified atom stereocenters. The van der Waals surface area contributed by atoms with E-state index in [0.717, 1.165) is 19.3 Å². The Morgan fingerprint density at radius 2 is 1.77 bits per heavy atom. The van der Waals surface area contributed by atoms with Crippen LogP contribution in [0.5, 0.6) is 0 Å². The molecule has 0 radical (unpaired) electrons. The SMILES string of the molecule is NC(=O)N1CCC2(CC1)C[C@H](CC(=O)N1CCOCC1)c1ccccc12. The molecular weight excluding hydrogens is 330 g/mol. The van der Waals surface area contributed by atoms with Crippen molar-refractivity contribution in [3.63, 3.8) is 0 Å². The molecule has 0 saturated carbocycles. The number of rotatable bonds is 2. The fraction of sp³-hybridized carbons (Fsp3) is 0.600. The summed E-state index contributed by atoms with van der Waals surface area (Å²) in [5.74, 6) is 0.501. The van der Waals surface area contributed by atoms with Gasteiger partial charge in [-0.1, -0.05) is 24.3 Å². The van der Waals surface area contributed by atoms with Crippen molar-refractivity contribution < 1.29 is 14.3 Å². The molecule has 1 atom stereocenters. The highest BCUT2D eigenvalue weighted by atomic mass is 16.5. The van der Waals surface area contributed by atoms with E-state index in [-0.39, 0.29) is 23.3 Å². The van der Waals surface area contributed by atoms with Gasteiger partial charge >= 0.3 is 6.03 Å². The number of carbonyl (C=O) groups is 2. The summed E-state index contributed by atoms with van der Waals surface area (Å²) in [6, 6.07) is 8.23. The molecule has 2 N–H and O–H groups in total. The fourth-order valence-electron chi connectivity index (χ4n) is 4.99. The molecule has 2 aliphatic heterocycles. The van der Waals surface area contributed by atoms with E-state index in [1.165, 1.54) is 11.1 Å². The van der Waals surface area contributed by atoms with Crippen molar-refractivity contribution in [2.24, 2.45) is 5.73 Å². The minimum Gasteiger partial charge on any atom is -0.378 e. The quantitative estimate of drug-likeness (QED) is 0.877. The summed E-state index contributed by atoms with van der Waals surface area (Å²) in [6.07, 6.45) is 3.41. The molecule has 0 aromatic heterocycles. The highest BCUT2D eigenvalue weighted by Gasteiger charge is 2.46. The molecule has 1 spiro atoms. The predicted octanol–water partition coefficient (Wildman–Crippen LogP) is 1.84. The highest BCUT2D eigenvalue weighted by Crippen LogP contribution is 2.52. The third-order valence-electron chi connectivity index (χ3n) is 6.43. The number of piperidine rings is 1. The van der Waals surface area contributed by atoms with Crippen molar-refractivity contribution >= 4 is 11.9 Å². The number of benzene rings is 1. The lowest BCUT2D eigenvalue weighted by molar-refractivity contribution is -0.135. The van der Waals surface area contributed by atoms with Crippen molar-refractivity contribution in [1.29, 1.82) is 0 Å². The Morgan fingerprint density at radius 3 is 2.46 bits per heavy atom. The Kier molecular flexibility index (Phi) is 4.61. The van der Waals surface area contributed by atoms with Gasteiger partial charge in [0.25, 0.3) is 0 Å². The van der Waals surface area contributed by atoms with Crippen LogP contribution in [0.1, 0.15) is 42.7 Å². The number of morpholine rings is 1. The van der Waals surface area contributed by atoms with E-state index >= 15 is 0 Å². The van der Waals surface area contributed by atoms with Crippen LogP contribution in [0.4, 0.5) is 4.79 Å². The van der Waals surface area contributed by atoms with Crippen LogP contribution in [0, 0.1) is 0 Å². The lowest BCUT2D eigenvalue weighted by Gasteiger charge is -2.39. The third kappa shape index (κ3) is 3.07. The fourth-order valence-corrected chi connectivity index (χ4v) is 4.99. The van der Waals surface area contributed by atoms with Crippen molar-refractivity contribution in [1.82, 2.24) is 9.80 Å². The Balaban J connectivity index is 1.51. The highest BCUT2D eigenvalue weighted by molar-refractivity contribution is 5.77. The number of urea groups is 1. The molecule has 0 bridgehead atoms. The first-order valence-electron chi connectivity index (χ1n) is 9.58. The van der Waals surface area contributed by atoms with Crippen LogP contribution in [0.15, 0.2) is 24.3 Å². The number of fused-ring (bicyclic) bond motifs is 2. The first-order chi connectivity index (χ1) is 12.6. The Hall–Kier alpha value is -2.08. The van der Waals surface area contributed by atoms with E-state index in [1.54, 1.807) is 4.90 Å². The summed E-state index contributed by atoms with van der Waals surface area (Å²) in [6.45, 7) is 4.08. The van der Waals surface area contributed by atoms with E-state index in [4.69, 9.17) is 10.5 Å². The second-order valence-electron chi connectivity index (χ2n) is 7.79. The normalized spacial score (nSPS) is 24.5. The number of nitrogens with two attached hydrogens (primary N) is 1. The molecule has 2 saturated heterocycles. The molecule has 2 heterocycles. The maximum Gasteiger partial charge on any atom is 0.314 e. The third-order valence-corrected chi connectivity index (χ3v) is 6.43. The van der Waals surface area contributed by atoms with Crippen molar-refractivity contribution in [2.45, 2.75) is 37.0 Å². The number of hydrogen-bond acceptors (Lipinski definition) is 3. The largest absolute Gasteiger partial charge is 0.378 e. The lowest BCUT2D eigenvalue weighted by Crippen LogP contribution is -2.46. The van der Waals surface area contributed by atoms with Gasteiger partial charge in [0, 0.05) is 32.6 Å². The zero-order valence-corrected chi connectivity index (χ0v) is 15.2. The molecule has 140 valence electrons. The Morgan fingerprint density at radius 1 is 1.08 bits per heavy atom. The second kappa shape index (κ2) is 6.91. The molecule has 1 aromatic carbocycles. The van der Waals surface area contributed by atoms with Crippen molar-refractivity contribution in [3.8, 4) is 0 Å². The van der Waals surface area contributed by atoms with Crippen molar-refractivity contribution in [3.05, 3.63) is 35.4 Å². The van der Waals surface area contributed by atoms with Gasteiger partial charge in [-0.2, -0.15) is 0 Å².